The lowest BCUT2D eigenvalue weighted by atomic mass is 10.2. The number of hydrogen-bond acceptors (Lipinski definition) is 4. The second kappa shape index (κ2) is 6.23. The van der Waals surface area contributed by atoms with Gasteiger partial charge in [0.15, 0.2) is 0 Å². The third-order valence-electron chi connectivity index (χ3n) is 2.41. The van der Waals surface area contributed by atoms with Crippen LogP contribution in [-0.4, -0.2) is 26.8 Å². The Morgan fingerprint density at radius 3 is 2.62 bits per heavy atom. The largest absolute Gasteiger partial charge is 0.497 e. The van der Waals surface area contributed by atoms with E-state index in [1.54, 1.807) is 14.2 Å². The van der Waals surface area contributed by atoms with Gasteiger partial charge in [0.2, 0.25) is 0 Å². The van der Waals surface area contributed by atoms with E-state index < -0.39 is 0 Å². The Hall–Kier alpha value is -1.42. The molecule has 0 aliphatic heterocycles. The maximum Gasteiger partial charge on any atom is 0.142 e. The van der Waals surface area contributed by atoms with E-state index in [2.05, 4.69) is 12.2 Å². The maximum atomic E-state index is 5.51. The molecule has 0 heterocycles. The first kappa shape index (κ1) is 12.6. The van der Waals surface area contributed by atoms with Crippen LogP contribution in [0.25, 0.3) is 0 Å². The van der Waals surface area contributed by atoms with Crippen LogP contribution in [0.1, 0.15) is 13.3 Å². The molecule has 0 radical (unpaired) electrons. The molecule has 4 nitrogen and oxygen atoms in total. The van der Waals surface area contributed by atoms with Gasteiger partial charge in [-0.3, -0.25) is 0 Å². The average Bonchev–Trinajstić information content (AvgIpc) is 2.29. The lowest BCUT2D eigenvalue weighted by Gasteiger charge is -2.17. The van der Waals surface area contributed by atoms with Gasteiger partial charge in [-0.1, -0.05) is 0 Å². The van der Waals surface area contributed by atoms with E-state index in [0.29, 0.717) is 12.6 Å². The highest BCUT2D eigenvalue weighted by Crippen LogP contribution is 2.29. The van der Waals surface area contributed by atoms with Gasteiger partial charge in [-0.2, -0.15) is 0 Å². The molecule has 1 aromatic carbocycles. The molecule has 0 bridgehead atoms. The Kier molecular flexibility index (Phi) is 4.92. The van der Waals surface area contributed by atoms with Crippen LogP contribution in [0.15, 0.2) is 18.2 Å². The van der Waals surface area contributed by atoms with Gasteiger partial charge in [0, 0.05) is 12.1 Å². The molecule has 0 aliphatic carbocycles. The lowest BCUT2D eigenvalue weighted by Crippen LogP contribution is -2.19. The molecule has 0 saturated carbocycles. The van der Waals surface area contributed by atoms with Gasteiger partial charge >= 0.3 is 0 Å². The molecule has 4 heteroatoms. The van der Waals surface area contributed by atoms with Crippen LogP contribution in [0.5, 0.6) is 11.5 Å². The highest BCUT2D eigenvalue weighted by molar-refractivity contribution is 5.60. The van der Waals surface area contributed by atoms with Gasteiger partial charge in [-0.25, -0.2) is 0 Å². The van der Waals surface area contributed by atoms with E-state index in [4.69, 9.17) is 15.2 Å². The Bertz CT molecular complexity index is 329. The summed E-state index contributed by atoms with van der Waals surface area (Å²) in [5.74, 6) is 1.62. The highest BCUT2D eigenvalue weighted by Gasteiger charge is 2.07. The molecule has 0 aliphatic rings. The zero-order chi connectivity index (χ0) is 12.0. The standard InChI is InChI=1S/C12H20N2O2/c1-9(6-7-13)14-11-8-10(15-2)4-5-12(11)16-3/h4-5,8-9,14H,6-7,13H2,1-3H3. The molecule has 0 saturated heterocycles. The van der Waals surface area contributed by atoms with Crippen molar-refractivity contribution in [2.24, 2.45) is 5.73 Å². The van der Waals surface area contributed by atoms with Crippen molar-refractivity contribution in [2.45, 2.75) is 19.4 Å². The van der Waals surface area contributed by atoms with Gasteiger partial charge in [0.05, 0.1) is 19.9 Å². The molecule has 0 aromatic heterocycles. The van der Waals surface area contributed by atoms with Gasteiger partial charge in [0.1, 0.15) is 11.5 Å². The van der Waals surface area contributed by atoms with Crippen molar-refractivity contribution >= 4 is 5.69 Å². The minimum atomic E-state index is 0.311. The van der Waals surface area contributed by atoms with Crippen molar-refractivity contribution in [1.82, 2.24) is 0 Å². The van der Waals surface area contributed by atoms with Crippen LogP contribution >= 0.6 is 0 Å². The number of nitrogens with one attached hydrogen (secondary N) is 1. The molecule has 16 heavy (non-hydrogen) atoms. The summed E-state index contributed by atoms with van der Waals surface area (Å²) in [4.78, 5) is 0. The highest BCUT2D eigenvalue weighted by atomic mass is 16.5. The summed E-state index contributed by atoms with van der Waals surface area (Å²) >= 11 is 0. The summed E-state index contributed by atoms with van der Waals surface area (Å²) < 4.78 is 10.5. The van der Waals surface area contributed by atoms with Crippen LogP contribution in [0, 0.1) is 0 Å². The minimum Gasteiger partial charge on any atom is -0.497 e. The molecule has 90 valence electrons. The van der Waals surface area contributed by atoms with Crippen molar-refractivity contribution < 1.29 is 9.47 Å². The fourth-order valence-electron chi connectivity index (χ4n) is 1.51. The fourth-order valence-corrected chi connectivity index (χ4v) is 1.51. The molecule has 1 rings (SSSR count). The molecule has 1 atom stereocenters. The Morgan fingerprint density at radius 2 is 2.06 bits per heavy atom. The Balaban J connectivity index is 2.82. The first-order valence-electron chi connectivity index (χ1n) is 5.40. The van der Waals surface area contributed by atoms with E-state index in [-0.39, 0.29) is 0 Å². The van der Waals surface area contributed by atoms with Crippen LogP contribution in [-0.2, 0) is 0 Å². The fraction of sp³-hybridized carbons (Fsp3) is 0.500. The van der Waals surface area contributed by atoms with Crippen molar-refractivity contribution in [1.29, 1.82) is 0 Å². The minimum absolute atomic E-state index is 0.311. The summed E-state index contributed by atoms with van der Waals surface area (Å²) in [6.07, 6.45) is 0.917. The number of benzene rings is 1. The van der Waals surface area contributed by atoms with Crippen LogP contribution in [0.3, 0.4) is 0 Å². The van der Waals surface area contributed by atoms with E-state index >= 15 is 0 Å². The van der Waals surface area contributed by atoms with E-state index in [9.17, 15) is 0 Å². The van der Waals surface area contributed by atoms with Crippen LogP contribution in [0.4, 0.5) is 5.69 Å². The third kappa shape index (κ3) is 3.31. The molecular weight excluding hydrogens is 204 g/mol. The SMILES string of the molecule is COc1ccc(OC)c(NC(C)CCN)c1. The third-order valence-corrected chi connectivity index (χ3v) is 2.41. The van der Waals surface area contributed by atoms with E-state index in [1.807, 2.05) is 18.2 Å². The zero-order valence-corrected chi connectivity index (χ0v) is 10.1. The summed E-state index contributed by atoms with van der Waals surface area (Å²) in [5, 5.41) is 3.35. The van der Waals surface area contributed by atoms with Crippen LogP contribution in [0.2, 0.25) is 0 Å². The molecule has 1 unspecified atom stereocenters. The quantitative estimate of drug-likeness (QED) is 0.774. The molecule has 0 spiro atoms. The van der Waals surface area contributed by atoms with Crippen molar-refractivity contribution in [3.05, 3.63) is 18.2 Å². The summed E-state index contributed by atoms with van der Waals surface area (Å²) in [5.41, 5.74) is 6.45. The van der Waals surface area contributed by atoms with Crippen molar-refractivity contribution in [3.63, 3.8) is 0 Å². The van der Waals surface area contributed by atoms with Crippen molar-refractivity contribution in [3.8, 4) is 11.5 Å². The predicted octanol–water partition coefficient (Wildman–Crippen LogP) is 1.85. The van der Waals surface area contributed by atoms with E-state index in [1.165, 1.54) is 0 Å². The second-order valence-electron chi connectivity index (χ2n) is 3.69. The van der Waals surface area contributed by atoms with Gasteiger partial charge in [0.25, 0.3) is 0 Å². The summed E-state index contributed by atoms with van der Waals surface area (Å²) in [6.45, 7) is 2.76. The lowest BCUT2D eigenvalue weighted by molar-refractivity contribution is 0.404. The monoisotopic (exact) mass is 224 g/mol. The summed E-state index contributed by atoms with van der Waals surface area (Å²) in [7, 11) is 3.30. The van der Waals surface area contributed by atoms with Gasteiger partial charge < -0.3 is 20.5 Å². The number of rotatable bonds is 6. The molecular formula is C12H20N2O2. The first-order valence-corrected chi connectivity index (χ1v) is 5.40. The normalized spacial score (nSPS) is 12.0. The average molecular weight is 224 g/mol. The predicted molar refractivity (Wildman–Crippen MR) is 66.3 cm³/mol. The number of anilines is 1. The first-order chi connectivity index (χ1) is 7.71. The molecule has 0 amide bonds. The van der Waals surface area contributed by atoms with Crippen molar-refractivity contribution in [2.75, 3.05) is 26.1 Å². The Labute approximate surface area is 96.7 Å². The second-order valence-corrected chi connectivity index (χ2v) is 3.69. The number of nitrogens with two attached hydrogens (primary N) is 1. The maximum absolute atomic E-state index is 5.51. The number of hydrogen-bond donors (Lipinski definition) is 2. The number of ether oxygens (including phenoxy) is 2. The topological polar surface area (TPSA) is 56.5 Å². The molecule has 3 N–H and O–H groups in total. The van der Waals surface area contributed by atoms with Gasteiger partial charge in [-0.15, -0.1) is 0 Å². The molecule has 1 aromatic rings. The smallest absolute Gasteiger partial charge is 0.142 e. The van der Waals surface area contributed by atoms with Crippen LogP contribution < -0.4 is 20.5 Å². The zero-order valence-electron chi connectivity index (χ0n) is 10.1. The molecule has 0 fully saturated rings. The van der Waals surface area contributed by atoms with Gasteiger partial charge in [-0.05, 0) is 32.0 Å². The number of methoxy groups -OCH3 is 2. The van der Waals surface area contributed by atoms with E-state index in [0.717, 1.165) is 23.6 Å². The Morgan fingerprint density at radius 1 is 1.31 bits per heavy atom. The summed E-state index contributed by atoms with van der Waals surface area (Å²) in [6, 6.07) is 5.99.